The van der Waals surface area contributed by atoms with Crippen LogP contribution in [0.25, 0.3) is 10.6 Å². The van der Waals surface area contributed by atoms with E-state index in [4.69, 9.17) is 0 Å². The average Bonchev–Trinajstić information content (AvgIpc) is 2.68. The van der Waals surface area contributed by atoms with Gasteiger partial charge in [0.1, 0.15) is 5.01 Å². The van der Waals surface area contributed by atoms with Crippen LogP contribution in [0.1, 0.15) is 25.5 Å². The lowest BCUT2D eigenvalue weighted by molar-refractivity contribution is 0.834. The molecule has 2 aromatic rings. The molecule has 0 unspecified atom stereocenters. The molecule has 0 amide bonds. The van der Waals surface area contributed by atoms with Crippen LogP contribution in [0, 0.1) is 0 Å². The first-order valence-corrected chi connectivity index (χ1v) is 6.55. The van der Waals surface area contributed by atoms with Crippen molar-refractivity contribution in [3.05, 3.63) is 39.8 Å². The molecule has 0 saturated heterocycles. The Hall–Kier alpha value is -0.670. The molecular formula is C12H12BrNS. The molecule has 1 aromatic carbocycles. The predicted molar refractivity (Wildman–Crippen MR) is 69.3 cm³/mol. The van der Waals surface area contributed by atoms with E-state index in [1.54, 1.807) is 11.3 Å². The fraction of sp³-hybridized carbons (Fsp3) is 0.250. The van der Waals surface area contributed by atoms with Gasteiger partial charge in [0, 0.05) is 15.4 Å². The molecule has 1 heterocycles. The van der Waals surface area contributed by atoms with Gasteiger partial charge in [-0.25, -0.2) is 4.98 Å². The molecule has 0 N–H and O–H groups in total. The van der Waals surface area contributed by atoms with Gasteiger partial charge in [0.15, 0.2) is 0 Å². The summed E-state index contributed by atoms with van der Waals surface area (Å²) in [5, 5.41) is 3.24. The van der Waals surface area contributed by atoms with Gasteiger partial charge in [0.05, 0.1) is 5.69 Å². The van der Waals surface area contributed by atoms with Crippen molar-refractivity contribution in [2.45, 2.75) is 19.8 Å². The van der Waals surface area contributed by atoms with Crippen LogP contribution in [-0.2, 0) is 0 Å². The molecule has 0 fully saturated rings. The lowest BCUT2D eigenvalue weighted by Crippen LogP contribution is -1.86. The molecule has 0 bridgehead atoms. The smallest absolute Gasteiger partial charge is 0.123 e. The summed E-state index contributed by atoms with van der Waals surface area (Å²) in [7, 11) is 0. The van der Waals surface area contributed by atoms with Crippen LogP contribution in [0.2, 0.25) is 0 Å². The quantitative estimate of drug-likeness (QED) is 0.778. The minimum absolute atomic E-state index is 0.505. The summed E-state index contributed by atoms with van der Waals surface area (Å²) in [6.45, 7) is 4.33. The van der Waals surface area contributed by atoms with Gasteiger partial charge in [-0.2, -0.15) is 0 Å². The van der Waals surface area contributed by atoms with Crippen LogP contribution < -0.4 is 0 Å². The second-order valence-corrected chi connectivity index (χ2v) is 5.51. The summed E-state index contributed by atoms with van der Waals surface area (Å²) < 4.78 is 1.10. The normalized spacial score (nSPS) is 10.9. The maximum Gasteiger partial charge on any atom is 0.123 e. The van der Waals surface area contributed by atoms with Gasteiger partial charge in [0.25, 0.3) is 0 Å². The van der Waals surface area contributed by atoms with Gasteiger partial charge in [-0.3, -0.25) is 0 Å². The maximum atomic E-state index is 4.61. The summed E-state index contributed by atoms with van der Waals surface area (Å²) in [5.41, 5.74) is 2.37. The molecule has 0 saturated carbocycles. The van der Waals surface area contributed by atoms with Crippen molar-refractivity contribution >= 4 is 27.3 Å². The molecule has 3 heteroatoms. The van der Waals surface area contributed by atoms with E-state index in [2.05, 4.69) is 52.3 Å². The van der Waals surface area contributed by atoms with Gasteiger partial charge < -0.3 is 0 Å². The van der Waals surface area contributed by atoms with Gasteiger partial charge >= 0.3 is 0 Å². The Kier molecular flexibility index (Phi) is 3.22. The van der Waals surface area contributed by atoms with E-state index in [0.717, 1.165) is 9.48 Å². The number of aromatic nitrogens is 1. The van der Waals surface area contributed by atoms with Crippen molar-refractivity contribution in [1.29, 1.82) is 0 Å². The number of nitrogens with zero attached hydrogens (tertiary/aromatic N) is 1. The predicted octanol–water partition coefficient (Wildman–Crippen LogP) is 4.70. The first-order chi connectivity index (χ1) is 7.16. The second kappa shape index (κ2) is 4.45. The Bertz CT molecular complexity index is 445. The zero-order valence-corrected chi connectivity index (χ0v) is 11.1. The fourth-order valence-electron chi connectivity index (χ4n) is 1.28. The third-order valence-electron chi connectivity index (χ3n) is 2.20. The number of benzene rings is 1. The third-order valence-corrected chi connectivity index (χ3v) is 3.64. The van der Waals surface area contributed by atoms with Crippen molar-refractivity contribution in [1.82, 2.24) is 4.98 Å². The Balaban J connectivity index is 2.33. The first kappa shape index (κ1) is 10.8. The largest absolute Gasteiger partial charge is 0.241 e. The van der Waals surface area contributed by atoms with Crippen molar-refractivity contribution in [3.8, 4) is 10.6 Å². The molecule has 1 nitrogen and oxygen atoms in total. The standard InChI is InChI=1S/C12H12BrNS/c1-8(2)11-7-15-12(14-11)9-3-5-10(13)6-4-9/h3-8H,1-2H3. The first-order valence-electron chi connectivity index (χ1n) is 4.88. The fourth-order valence-corrected chi connectivity index (χ4v) is 2.53. The van der Waals surface area contributed by atoms with E-state index >= 15 is 0 Å². The summed E-state index contributed by atoms with van der Waals surface area (Å²) in [6, 6.07) is 8.28. The van der Waals surface area contributed by atoms with Gasteiger partial charge in [0.2, 0.25) is 0 Å². The number of halogens is 1. The van der Waals surface area contributed by atoms with Gasteiger partial charge in [-0.05, 0) is 18.1 Å². The average molecular weight is 282 g/mol. The van der Waals surface area contributed by atoms with E-state index in [-0.39, 0.29) is 0 Å². The van der Waals surface area contributed by atoms with Crippen LogP contribution in [0.5, 0.6) is 0 Å². The summed E-state index contributed by atoms with van der Waals surface area (Å²) in [4.78, 5) is 4.61. The molecule has 0 radical (unpaired) electrons. The maximum absolute atomic E-state index is 4.61. The van der Waals surface area contributed by atoms with Crippen molar-refractivity contribution < 1.29 is 0 Å². The highest BCUT2D eigenvalue weighted by atomic mass is 79.9. The van der Waals surface area contributed by atoms with Crippen LogP contribution in [0.3, 0.4) is 0 Å². The van der Waals surface area contributed by atoms with Gasteiger partial charge in [-0.15, -0.1) is 11.3 Å². The monoisotopic (exact) mass is 281 g/mol. The summed E-state index contributed by atoms with van der Waals surface area (Å²) in [5.74, 6) is 0.505. The van der Waals surface area contributed by atoms with E-state index in [9.17, 15) is 0 Å². The van der Waals surface area contributed by atoms with E-state index in [0.29, 0.717) is 5.92 Å². The van der Waals surface area contributed by atoms with Gasteiger partial charge in [-0.1, -0.05) is 41.9 Å². The van der Waals surface area contributed by atoms with Crippen molar-refractivity contribution in [2.75, 3.05) is 0 Å². The second-order valence-electron chi connectivity index (χ2n) is 3.74. The number of rotatable bonds is 2. The Morgan fingerprint density at radius 1 is 1.20 bits per heavy atom. The van der Waals surface area contributed by atoms with Crippen molar-refractivity contribution in [2.24, 2.45) is 0 Å². The van der Waals surface area contributed by atoms with E-state index in [1.807, 2.05) is 12.1 Å². The van der Waals surface area contributed by atoms with E-state index in [1.165, 1.54) is 11.3 Å². The number of hydrogen-bond acceptors (Lipinski definition) is 2. The molecule has 78 valence electrons. The van der Waals surface area contributed by atoms with Crippen LogP contribution >= 0.6 is 27.3 Å². The minimum atomic E-state index is 0.505. The molecule has 0 aliphatic heterocycles. The Morgan fingerprint density at radius 3 is 2.40 bits per heavy atom. The molecule has 0 atom stereocenters. The van der Waals surface area contributed by atoms with Crippen molar-refractivity contribution in [3.63, 3.8) is 0 Å². The summed E-state index contributed by atoms with van der Waals surface area (Å²) in [6.07, 6.45) is 0. The minimum Gasteiger partial charge on any atom is -0.241 e. The highest BCUT2D eigenvalue weighted by Crippen LogP contribution is 2.27. The lowest BCUT2D eigenvalue weighted by atomic mass is 10.1. The zero-order valence-electron chi connectivity index (χ0n) is 8.70. The lowest BCUT2D eigenvalue weighted by Gasteiger charge is -1.98. The zero-order chi connectivity index (χ0) is 10.8. The van der Waals surface area contributed by atoms with E-state index < -0.39 is 0 Å². The highest BCUT2D eigenvalue weighted by molar-refractivity contribution is 9.10. The SMILES string of the molecule is CC(C)c1csc(-c2ccc(Br)cc2)n1. The molecule has 2 rings (SSSR count). The summed E-state index contributed by atoms with van der Waals surface area (Å²) >= 11 is 5.14. The highest BCUT2D eigenvalue weighted by Gasteiger charge is 2.06. The third kappa shape index (κ3) is 2.47. The molecule has 15 heavy (non-hydrogen) atoms. The molecular weight excluding hydrogens is 270 g/mol. The van der Waals surface area contributed by atoms with Crippen LogP contribution in [0.15, 0.2) is 34.1 Å². The van der Waals surface area contributed by atoms with Crippen LogP contribution in [0.4, 0.5) is 0 Å². The Labute approximate surface area is 102 Å². The molecule has 1 aromatic heterocycles. The number of hydrogen-bond donors (Lipinski definition) is 0. The molecule has 0 spiro atoms. The molecule has 0 aliphatic carbocycles. The molecule has 0 aliphatic rings. The van der Waals surface area contributed by atoms with Crippen LogP contribution in [-0.4, -0.2) is 4.98 Å². The number of thiazole rings is 1. The Morgan fingerprint density at radius 2 is 1.87 bits per heavy atom. The topological polar surface area (TPSA) is 12.9 Å².